The van der Waals surface area contributed by atoms with Crippen molar-refractivity contribution >= 4 is 5.91 Å². The SMILES string of the molecule is CNC(=O)CCNC1CCN(Cc2ccccc2)CC1. The lowest BCUT2D eigenvalue weighted by Crippen LogP contribution is -2.43. The molecule has 1 aliphatic heterocycles. The monoisotopic (exact) mass is 275 g/mol. The zero-order chi connectivity index (χ0) is 14.2. The van der Waals surface area contributed by atoms with E-state index >= 15 is 0 Å². The molecule has 1 aromatic rings. The molecule has 1 heterocycles. The first kappa shape index (κ1) is 15.0. The molecule has 20 heavy (non-hydrogen) atoms. The fourth-order valence-corrected chi connectivity index (χ4v) is 2.65. The Morgan fingerprint density at radius 2 is 1.95 bits per heavy atom. The van der Waals surface area contributed by atoms with Gasteiger partial charge < -0.3 is 10.6 Å². The number of hydrogen-bond acceptors (Lipinski definition) is 3. The molecular formula is C16H25N3O. The molecule has 2 rings (SSSR count). The van der Waals surface area contributed by atoms with Crippen molar-refractivity contribution in [2.24, 2.45) is 0 Å². The highest BCUT2D eigenvalue weighted by Crippen LogP contribution is 2.13. The second-order valence-corrected chi connectivity index (χ2v) is 5.41. The Hall–Kier alpha value is -1.39. The van der Waals surface area contributed by atoms with Crippen LogP contribution in [0.2, 0.25) is 0 Å². The van der Waals surface area contributed by atoms with Gasteiger partial charge >= 0.3 is 0 Å². The standard InChI is InChI=1S/C16H25N3O/c1-17-16(20)7-10-18-15-8-11-19(12-9-15)13-14-5-3-2-4-6-14/h2-6,15,18H,7-13H2,1H3,(H,17,20). The van der Waals surface area contributed by atoms with Crippen molar-refractivity contribution in [3.8, 4) is 0 Å². The van der Waals surface area contributed by atoms with Crippen LogP contribution in [0.15, 0.2) is 30.3 Å². The summed E-state index contributed by atoms with van der Waals surface area (Å²) in [6.45, 7) is 4.09. The zero-order valence-corrected chi connectivity index (χ0v) is 12.3. The number of benzene rings is 1. The molecule has 1 amide bonds. The van der Waals surface area contributed by atoms with Crippen LogP contribution in [0.4, 0.5) is 0 Å². The topological polar surface area (TPSA) is 44.4 Å². The fourth-order valence-electron chi connectivity index (χ4n) is 2.65. The van der Waals surface area contributed by atoms with Gasteiger partial charge in [-0.2, -0.15) is 0 Å². The minimum Gasteiger partial charge on any atom is -0.359 e. The number of amides is 1. The van der Waals surface area contributed by atoms with Gasteiger partial charge in [0.2, 0.25) is 5.91 Å². The minimum atomic E-state index is 0.110. The molecule has 2 N–H and O–H groups in total. The Kier molecular flexibility index (Phi) is 6.02. The second-order valence-electron chi connectivity index (χ2n) is 5.41. The van der Waals surface area contributed by atoms with Crippen LogP contribution in [-0.2, 0) is 11.3 Å². The van der Waals surface area contributed by atoms with E-state index < -0.39 is 0 Å². The van der Waals surface area contributed by atoms with Crippen LogP contribution in [0.3, 0.4) is 0 Å². The van der Waals surface area contributed by atoms with Crippen LogP contribution < -0.4 is 10.6 Å². The Labute approximate surface area is 121 Å². The zero-order valence-electron chi connectivity index (χ0n) is 12.3. The van der Waals surface area contributed by atoms with E-state index in [1.165, 1.54) is 18.4 Å². The third kappa shape index (κ3) is 4.94. The van der Waals surface area contributed by atoms with Crippen molar-refractivity contribution < 1.29 is 4.79 Å². The molecule has 1 saturated heterocycles. The van der Waals surface area contributed by atoms with E-state index in [9.17, 15) is 4.79 Å². The summed E-state index contributed by atoms with van der Waals surface area (Å²) in [5.41, 5.74) is 1.39. The number of nitrogens with one attached hydrogen (secondary N) is 2. The number of nitrogens with zero attached hydrogens (tertiary/aromatic N) is 1. The van der Waals surface area contributed by atoms with Crippen molar-refractivity contribution in [2.45, 2.75) is 31.8 Å². The van der Waals surface area contributed by atoms with Crippen LogP contribution in [0, 0.1) is 0 Å². The Balaban J connectivity index is 1.64. The Morgan fingerprint density at radius 3 is 2.60 bits per heavy atom. The van der Waals surface area contributed by atoms with Crippen molar-refractivity contribution in [2.75, 3.05) is 26.7 Å². The predicted molar refractivity (Wildman–Crippen MR) is 81.4 cm³/mol. The molecule has 0 saturated carbocycles. The van der Waals surface area contributed by atoms with Gasteiger partial charge in [0.05, 0.1) is 0 Å². The molecule has 110 valence electrons. The second kappa shape index (κ2) is 8.02. The third-order valence-corrected chi connectivity index (χ3v) is 3.90. The molecule has 4 heteroatoms. The quantitative estimate of drug-likeness (QED) is 0.824. The van der Waals surface area contributed by atoms with E-state index in [0.717, 1.165) is 26.2 Å². The van der Waals surface area contributed by atoms with Gasteiger partial charge in [0, 0.05) is 32.6 Å². The lowest BCUT2D eigenvalue weighted by atomic mass is 10.0. The lowest BCUT2D eigenvalue weighted by Gasteiger charge is -2.32. The van der Waals surface area contributed by atoms with Crippen molar-refractivity contribution in [1.29, 1.82) is 0 Å². The summed E-state index contributed by atoms with van der Waals surface area (Å²) in [6.07, 6.45) is 2.90. The van der Waals surface area contributed by atoms with E-state index in [-0.39, 0.29) is 5.91 Å². The maximum Gasteiger partial charge on any atom is 0.221 e. The normalized spacial score (nSPS) is 17.1. The molecule has 0 aliphatic carbocycles. The number of piperidine rings is 1. The summed E-state index contributed by atoms with van der Waals surface area (Å²) >= 11 is 0. The highest BCUT2D eigenvalue weighted by molar-refractivity contribution is 5.75. The van der Waals surface area contributed by atoms with Crippen molar-refractivity contribution in [3.63, 3.8) is 0 Å². The molecule has 0 spiro atoms. The van der Waals surface area contributed by atoms with Gasteiger partial charge in [-0.05, 0) is 31.5 Å². The van der Waals surface area contributed by atoms with Crippen LogP contribution in [0.25, 0.3) is 0 Å². The van der Waals surface area contributed by atoms with E-state index in [1.54, 1.807) is 7.05 Å². The summed E-state index contributed by atoms with van der Waals surface area (Å²) in [5, 5.41) is 6.13. The lowest BCUT2D eigenvalue weighted by molar-refractivity contribution is -0.120. The van der Waals surface area contributed by atoms with Crippen LogP contribution >= 0.6 is 0 Å². The third-order valence-electron chi connectivity index (χ3n) is 3.90. The van der Waals surface area contributed by atoms with Gasteiger partial charge in [-0.15, -0.1) is 0 Å². The molecule has 0 atom stereocenters. The van der Waals surface area contributed by atoms with E-state index in [4.69, 9.17) is 0 Å². The van der Waals surface area contributed by atoms with E-state index in [1.807, 2.05) is 0 Å². The van der Waals surface area contributed by atoms with Gasteiger partial charge in [0.15, 0.2) is 0 Å². The molecule has 0 radical (unpaired) electrons. The summed E-state index contributed by atoms with van der Waals surface area (Å²) < 4.78 is 0. The number of carbonyl (C=O) groups is 1. The predicted octanol–water partition coefficient (Wildman–Crippen LogP) is 1.38. The highest BCUT2D eigenvalue weighted by Gasteiger charge is 2.18. The number of rotatable bonds is 6. The van der Waals surface area contributed by atoms with Crippen LogP contribution in [0.1, 0.15) is 24.8 Å². The molecule has 1 aliphatic rings. The van der Waals surface area contributed by atoms with Gasteiger partial charge in [-0.3, -0.25) is 9.69 Å². The largest absolute Gasteiger partial charge is 0.359 e. The first-order valence-corrected chi connectivity index (χ1v) is 7.48. The maximum atomic E-state index is 11.1. The molecule has 4 nitrogen and oxygen atoms in total. The molecule has 1 fully saturated rings. The summed E-state index contributed by atoms with van der Waals surface area (Å²) in [4.78, 5) is 13.7. The Morgan fingerprint density at radius 1 is 1.25 bits per heavy atom. The fraction of sp³-hybridized carbons (Fsp3) is 0.562. The maximum absolute atomic E-state index is 11.1. The highest BCUT2D eigenvalue weighted by atomic mass is 16.1. The minimum absolute atomic E-state index is 0.110. The first-order chi connectivity index (χ1) is 9.78. The van der Waals surface area contributed by atoms with Gasteiger partial charge in [-0.25, -0.2) is 0 Å². The molecule has 0 unspecified atom stereocenters. The van der Waals surface area contributed by atoms with Gasteiger partial charge in [0.1, 0.15) is 0 Å². The molecule has 0 aromatic heterocycles. The van der Waals surface area contributed by atoms with E-state index in [2.05, 4.69) is 45.9 Å². The average Bonchev–Trinajstić information content (AvgIpc) is 2.50. The number of carbonyl (C=O) groups excluding carboxylic acids is 1. The summed E-state index contributed by atoms with van der Waals surface area (Å²) in [5.74, 6) is 0.110. The summed E-state index contributed by atoms with van der Waals surface area (Å²) in [7, 11) is 1.68. The van der Waals surface area contributed by atoms with Crippen LogP contribution in [0.5, 0.6) is 0 Å². The number of hydrogen-bond donors (Lipinski definition) is 2. The van der Waals surface area contributed by atoms with Crippen molar-refractivity contribution in [1.82, 2.24) is 15.5 Å². The van der Waals surface area contributed by atoms with E-state index in [0.29, 0.717) is 12.5 Å². The first-order valence-electron chi connectivity index (χ1n) is 7.48. The molecule has 0 bridgehead atoms. The van der Waals surface area contributed by atoms with Gasteiger partial charge in [-0.1, -0.05) is 30.3 Å². The smallest absolute Gasteiger partial charge is 0.221 e. The van der Waals surface area contributed by atoms with Crippen molar-refractivity contribution in [3.05, 3.63) is 35.9 Å². The average molecular weight is 275 g/mol. The molecular weight excluding hydrogens is 250 g/mol. The number of likely N-dealkylation sites (tertiary alicyclic amines) is 1. The molecule has 1 aromatic carbocycles. The van der Waals surface area contributed by atoms with Gasteiger partial charge in [0.25, 0.3) is 0 Å². The van der Waals surface area contributed by atoms with Crippen LogP contribution in [-0.4, -0.2) is 43.5 Å². The Bertz CT molecular complexity index is 399. The summed E-state index contributed by atoms with van der Waals surface area (Å²) in [6, 6.07) is 11.2.